The Morgan fingerprint density at radius 2 is 1.53 bits per heavy atom. The Morgan fingerprint density at radius 1 is 1.05 bits per heavy atom. The average Bonchev–Trinajstić information content (AvgIpc) is 3.11. The van der Waals surface area contributed by atoms with E-state index in [1.54, 1.807) is 4.90 Å². The molecular formula is C15H28N2O2. The molecule has 0 aromatic rings. The standard InChI is InChI=1S/C15H28N2O2/c1-15(2,3)19-14(18)17(4)13-9-7-12(8-10-13)16-11-5-6-11/h11-13,16H,5-10H2,1-4H3. The Bertz CT molecular complexity index is 313. The van der Waals surface area contributed by atoms with E-state index in [4.69, 9.17) is 4.74 Å². The quantitative estimate of drug-likeness (QED) is 0.855. The van der Waals surface area contributed by atoms with Gasteiger partial charge in [-0.2, -0.15) is 0 Å². The fourth-order valence-corrected chi connectivity index (χ4v) is 2.70. The van der Waals surface area contributed by atoms with Crippen molar-refractivity contribution in [2.75, 3.05) is 7.05 Å². The minimum Gasteiger partial charge on any atom is -0.444 e. The number of rotatable bonds is 3. The SMILES string of the molecule is CN(C(=O)OC(C)(C)C)C1CCC(NC2CC2)CC1. The van der Waals surface area contributed by atoms with Crippen LogP contribution in [0.2, 0.25) is 0 Å². The number of carbonyl (C=O) groups is 1. The molecular weight excluding hydrogens is 240 g/mol. The van der Waals surface area contributed by atoms with Crippen molar-refractivity contribution in [1.29, 1.82) is 0 Å². The molecule has 4 nitrogen and oxygen atoms in total. The van der Waals surface area contributed by atoms with Gasteiger partial charge in [-0.15, -0.1) is 0 Å². The van der Waals surface area contributed by atoms with Crippen LogP contribution in [0.1, 0.15) is 59.3 Å². The molecule has 2 aliphatic carbocycles. The van der Waals surface area contributed by atoms with Gasteiger partial charge in [0.25, 0.3) is 0 Å². The Hall–Kier alpha value is -0.770. The van der Waals surface area contributed by atoms with Crippen LogP contribution in [0.25, 0.3) is 0 Å². The van der Waals surface area contributed by atoms with Gasteiger partial charge in [0.05, 0.1) is 0 Å². The summed E-state index contributed by atoms with van der Waals surface area (Å²) >= 11 is 0. The van der Waals surface area contributed by atoms with Crippen LogP contribution in [0.15, 0.2) is 0 Å². The minimum absolute atomic E-state index is 0.189. The van der Waals surface area contributed by atoms with Gasteiger partial charge >= 0.3 is 6.09 Å². The van der Waals surface area contributed by atoms with Crippen LogP contribution in [0.5, 0.6) is 0 Å². The highest BCUT2D eigenvalue weighted by Crippen LogP contribution is 2.27. The lowest BCUT2D eigenvalue weighted by Crippen LogP contribution is -2.45. The maximum atomic E-state index is 12.0. The molecule has 0 heterocycles. The lowest BCUT2D eigenvalue weighted by Gasteiger charge is -2.35. The van der Waals surface area contributed by atoms with E-state index >= 15 is 0 Å². The molecule has 19 heavy (non-hydrogen) atoms. The topological polar surface area (TPSA) is 41.6 Å². The number of carbonyl (C=O) groups excluding carboxylic acids is 1. The van der Waals surface area contributed by atoms with Crippen LogP contribution in [-0.4, -0.2) is 41.8 Å². The van der Waals surface area contributed by atoms with Crippen LogP contribution >= 0.6 is 0 Å². The zero-order valence-electron chi connectivity index (χ0n) is 12.7. The number of nitrogens with one attached hydrogen (secondary N) is 1. The van der Waals surface area contributed by atoms with E-state index in [1.807, 2.05) is 27.8 Å². The van der Waals surface area contributed by atoms with E-state index in [0.717, 1.165) is 18.9 Å². The zero-order valence-corrected chi connectivity index (χ0v) is 12.7. The van der Waals surface area contributed by atoms with Crippen molar-refractivity contribution >= 4 is 6.09 Å². The second-order valence-corrected chi connectivity index (χ2v) is 7.04. The molecule has 2 rings (SSSR count). The fourth-order valence-electron chi connectivity index (χ4n) is 2.70. The maximum absolute atomic E-state index is 12.0. The molecule has 1 amide bonds. The lowest BCUT2D eigenvalue weighted by molar-refractivity contribution is 0.0179. The Labute approximate surface area is 116 Å². The van der Waals surface area contributed by atoms with Gasteiger partial charge in [-0.3, -0.25) is 0 Å². The molecule has 1 N–H and O–H groups in total. The van der Waals surface area contributed by atoms with Gasteiger partial charge in [0.2, 0.25) is 0 Å². The van der Waals surface area contributed by atoms with E-state index in [9.17, 15) is 4.79 Å². The van der Waals surface area contributed by atoms with Crippen LogP contribution in [0, 0.1) is 0 Å². The molecule has 0 saturated heterocycles. The average molecular weight is 268 g/mol. The molecule has 2 saturated carbocycles. The summed E-state index contributed by atoms with van der Waals surface area (Å²) in [5.74, 6) is 0. The van der Waals surface area contributed by atoms with Crippen LogP contribution < -0.4 is 5.32 Å². The Morgan fingerprint density at radius 3 is 1.95 bits per heavy atom. The fraction of sp³-hybridized carbons (Fsp3) is 0.933. The first-order valence-corrected chi connectivity index (χ1v) is 7.57. The molecule has 2 fully saturated rings. The zero-order chi connectivity index (χ0) is 14.0. The minimum atomic E-state index is -0.407. The summed E-state index contributed by atoms with van der Waals surface area (Å²) in [5.41, 5.74) is -0.407. The molecule has 4 heteroatoms. The maximum Gasteiger partial charge on any atom is 0.410 e. The number of nitrogens with zero attached hydrogens (tertiary/aromatic N) is 1. The Balaban J connectivity index is 1.74. The first kappa shape index (κ1) is 14.6. The first-order chi connectivity index (χ1) is 8.85. The van der Waals surface area contributed by atoms with Crippen molar-refractivity contribution in [3.05, 3.63) is 0 Å². The molecule has 0 aromatic heterocycles. The van der Waals surface area contributed by atoms with Crippen LogP contribution in [-0.2, 0) is 4.74 Å². The summed E-state index contributed by atoms with van der Waals surface area (Å²) in [5, 5.41) is 3.69. The predicted molar refractivity (Wildman–Crippen MR) is 76.2 cm³/mol. The van der Waals surface area contributed by atoms with Gasteiger partial charge in [-0.25, -0.2) is 4.79 Å². The smallest absolute Gasteiger partial charge is 0.410 e. The highest BCUT2D eigenvalue weighted by atomic mass is 16.6. The first-order valence-electron chi connectivity index (χ1n) is 7.57. The second-order valence-electron chi connectivity index (χ2n) is 7.04. The molecule has 0 bridgehead atoms. The van der Waals surface area contributed by atoms with Crippen molar-refractivity contribution in [3.8, 4) is 0 Å². The summed E-state index contributed by atoms with van der Waals surface area (Å²) in [4.78, 5) is 13.8. The molecule has 0 aliphatic heterocycles. The summed E-state index contributed by atoms with van der Waals surface area (Å²) in [6.07, 6.45) is 7.02. The molecule has 0 spiro atoms. The monoisotopic (exact) mass is 268 g/mol. The third-order valence-electron chi connectivity index (χ3n) is 3.97. The van der Waals surface area contributed by atoms with Crippen molar-refractivity contribution in [2.45, 2.75) is 83.0 Å². The molecule has 0 aromatic carbocycles. The van der Waals surface area contributed by atoms with Crippen molar-refractivity contribution in [1.82, 2.24) is 10.2 Å². The third kappa shape index (κ3) is 4.68. The van der Waals surface area contributed by atoms with E-state index in [1.165, 1.54) is 25.7 Å². The van der Waals surface area contributed by atoms with Crippen molar-refractivity contribution in [3.63, 3.8) is 0 Å². The second kappa shape index (κ2) is 5.70. The predicted octanol–water partition coefficient (Wildman–Crippen LogP) is 2.92. The van der Waals surface area contributed by atoms with Gasteiger partial charge in [0.1, 0.15) is 5.60 Å². The van der Waals surface area contributed by atoms with Gasteiger partial charge < -0.3 is 15.0 Å². The largest absolute Gasteiger partial charge is 0.444 e. The molecule has 0 atom stereocenters. The van der Waals surface area contributed by atoms with E-state index in [0.29, 0.717) is 12.1 Å². The third-order valence-corrected chi connectivity index (χ3v) is 3.97. The van der Waals surface area contributed by atoms with E-state index < -0.39 is 5.60 Å². The van der Waals surface area contributed by atoms with Gasteiger partial charge in [0.15, 0.2) is 0 Å². The van der Waals surface area contributed by atoms with Gasteiger partial charge in [-0.1, -0.05) is 0 Å². The van der Waals surface area contributed by atoms with Gasteiger partial charge in [0, 0.05) is 25.2 Å². The molecule has 0 radical (unpaired) electrons. The number of hydrogen-bond donors (Lipinski definition) is 1. The number of hydrogen-bond acceptors (Lipinski definition) is 3. The van der Waals surface area contributed by atoms with Crippen molar-refractivity contribution < 1.29 is 9.53 Å². The molecule has 0 unspecified atom stereocenters. The summed E-state index contributed by atoms with van der Waals surface area (Å²) < 4.78 is 5.43. The van der Waals surface area contributed by atoms with E-state index in [2.05, 4.69) is 5.32 Å². The van der Waals surface area contributed by atoms with Gasteiger partial charge in [-0.05, 0) is 59.3 Å². The molecule has 2 aliphatic rings. The number of ether oxygens (including phenoxy) is 1. The van der Waals surface area contributed by atoms with Crippen LogP contribution in [0.4, 0.5) is 4.79 Å². The Kier molecular flexibility index (Phi) is 4.39. The highest BCUT2D eigenvalue weighted by Gasteiger charge is 2.31. The van der Waals surface area contributed by atoms with Crippen LogP contribution in [0.3, 0.4) is 0 Å². The summed E-state index contributed by atoms with van der Waals surface area (Å²) in [7, 11) is 1.87. The van der Waals surface area contributed by atoms with Crippen molar-refractivity contribution in [2.24, 2.45) is 0 Å². The summed E-state index contributed by atoms with van der Waals surface area (Å²) in [6, 6.07) is 1.79. The highest BCUT2D eigenvalue weighted by molar-refractivity contribution is 5.68. The van der Waals surface area contributed by atoms with E-state index in [-0.39, 0.29) is 6.09 Å². The lowest BCUT2D eigenvalue weighted by atomic mass is 9.90. The summed E-state index contributed by atoms with van der Waals surface area (Å²) in [6.45, 7) is 5.74. The number of amides is 1. The molecule has 110 valence electrons. The normalized spacial score (nSPS) is 28.0.